The van der Waals surface area contributed by atoms with E-state index in [0.717, 1.165) is 29.7 Å². The molecule has 186 valence electrons. The molecule has 7 nitrogen and oxygen atoms in total. The molecule has 0 bridgehead atoms. The summed E-state index contributed by atoms with van der Waals surface area (Å²) in [6.07, 6.45) is 4.88. The first-order chi connectivity index (χ1) is 16.8. The second-order valence-corrected chi connectivity index (χ2v) is 10.3. The fraction of sp³-hybridized carbons (Fsp3) is 0.500. The number of fused-ring (bicyclic) bond motifs is 3. The standard InChI is InChI=1S/C28H35N3O4/c1-5-34-24-12-7-6-10-20(24)16-31-26(32)23-15-25-22(13-14-35-25)30(23)17-28(31,4)27(33)29-21-11-8-9-18(2)19(21)3/h6-7,10,12-15,18-19,21H,5,8-9,11,16-17H2,1-4H3,(H,29,33). The summed E-state index contributed by atoms with van der Waals surface area (Å²) >= 11 is 0. The van der Waals surface area contributed by atoms with Crippen LogP contribution in [0.4, 0.5) is 0 Å². The Morgan fingerprint density at radius 3 is 2.83 bits per heavy atom. The Hall–Kier alpha value is -3.22. The number of ether oxygens (including phenoxy) is 1. The van der Waals surface area contributed by atoms with Crippen molar-refractivity contribution in [3.63, 3.8) is 0 Å². The molecule has 5 rings (SSSR count). The number of amides is 2. The number of carbonyl (C=O) groups is 2. The summed E-state index contributed by atoms with van der Waals surface area (Å²) in [5.74, 6) is 1.39. The van der Waals surface area contributed by atoms with Crippen LogP contribution >= 0.6 is 0 Å². The number of nitrogens with zero attached hydrogens (tertiary/aromatic N) is 2. The Balaban J connectivity index is 1.53. The van der Waals surface area contributed by atoms with E-state index in [1.165, 1.54) is 6.42 Å². The second kappa shape index (κ2) is 9.10. The number of furan rings is 1. The molecule has 3 heterocycles. The molecule has 2 aromatic heterocycles. The van der Waals surface area contributed by atoms with Crippen molar-refractivity contribution >= 4 is 22.9 Å². The Bertz CT molecular complexity index is 1240. The lowest BCUT2D eigenvalue weighted by Crippen LogP contribution is -2.65. The molecule has 1 aliphatic heterocycles. The van der Waals surface area contributed by atoms with E-state index in [1.807, 2.05) is 48.7 Å². The minimum absolute atomic E-state index is 0.107. The first-order valence-corrected chi connectivity index (χ1v) is 12.7. The van der Waals surface area contributed by atoms with Crippen molar-refractivity contribution in [2.45, 2.75) is 71.6 Å². The summed E-state index contributed by atoms with van der Waals surface area (Å²) in [6, 6.07) is 11.5. The van der Waals surface area contributed by atoms with Crippen molar-refractivity contribution < 1.29 is 18.7 Å². The molecule has 1 aromatic carbocycles. The smallest absolute Gasteiger partial charge is 0.271 e. The molecule has 1 aliphatic carbocycles. The Morgan fingerprint density at radius 1 is 1.23 bits per heavy atom. The van der Waals surface area contributed by atoms with Crippen LogP contribution in [0.5, 0.6) is 5.75 Å². The van der Waals surface area contributed by atoms with E-state index < -0.39 is 5.54 Å². The van der Waals surface area contributed by atoms with Crippen LogP contribution in [0.1, 0.15) is 63.0 Å². The van der Waals surface area contributed by atoms with Gasteiger partial charge in [-0.1, -0.05) is 44.9 Å². The highest BCUT2D eigenvalue weighted by atomic mass is 16.5. The van der Waals surface area contributed by atoms with E-state index in [0.29, 0.717) is 36.3 Å². The molecule has 1 saturated carbocycles. The fourth-order valence-electron chi connectivity index (χ4n) is 5.73. The number of hydrogen-bond donors (Lipinski definition) is 1. The minimum Gasteiger partial charge on any atom is -0.494 e. The maximum absolute atomic E-state index is 14.0. The van der Waals surface area contributed by atoms with Gasteiger partial charge in [-0.3, -0.25) is 9.59 Å². The van der Waals surface area contributed by atoms with E-state index in [1.54, 1.807) is 17.2 Å². The molecule has 1 fully saturated rings. The van der Waals surface area contributed by atoms with Crippen LogP contribution < -0.4 is 10.1 Å². The monoisotopic (exact) mass is 477 g/mol. The van der Waals surface area contributed by atoms with Gasteiger partial charge in [0.25, 0.3) is 5.91 Å². The average Bonchev–Trinajstić information content (AvgIpc) is 3.43. The molecular weight excluding hydrogens is 442 g/mol. The molecule has 2 aliphatic rings. The molecule has 7 heteroatoms. The topological polar surface area (TPSA) is 76.7 Å². The summed E-state index contributed by atoms with van der Waals surface area (Å²) in [6.45, 7) is 9.47. The van der Waals surface area contributed by atoms with Crippen LogP contribution in [0.25, 0.3) is 11.1 Å². The predicted octanol–water partition coefficient (Wildman–Crippen LogP) is 4.99. The zero-order valence-corrected chi connectivity index (χ0v) is 21.0. The number of hydrogen-bond acceptors (Lipinski definition) is 4. The van der Waals surface area contributed by atoms with Gasteiger partial charge in [0, 0.05) is 23.7 Å². The lowest BCUT2D eigenvalue weighted by molar-refractivity contribution is -0.134. The summed E-state index contributed by atoms with van der Waals surface area (Å²) < 4.78 is 13.4. The second-order valence-electron chi connectivity index (χ2n) is 10.3. The molecule has 4 unspecified atom stereocenters. The van der Waals surface area contributed by atoms with Crippen LogP contribution in [0, 0.1) is 11.8 Å². The first-order valence-electron chi connectivity index (χ1n) is 12.7. The molecule has 4 atom stereocenters. The summed E-state index contributed by atoms with van der Waals surface area (Å²) in [5, 5.41) is 3.35. The Kier molecular flexibility index (Phi) is 6.11. The lowest BCUT2D eigenvalue weighted by atomic mass is 9.77. The van der Waals surface area contributed by atoms with Crippen molar-refractivity contribution in [1.82, 2.24) is 14.8 Å². The van der Waals surface area contributed by atoms with Gasteiger partial charge >= 0.3 is 0 Å². The largest absolute Gasteiger partial charge is 0.494 e. The third-order valence-corrected chi connectivity index (χ3v) is 8.16. The fourth-order valence-corrected chi connectivity index (χ4v) is 5.73. The molecule has 0 radical (unpaired) electrons. The SMILES string of the molecule is CCOc1ccccc1CN1C(=O)c2cc3occc3n2CC1(C)C(=O)NC1CCCC(C)C1C. The van der Waals surface area contributed by atoms with E-state index in [-0.39, 0.29) is 24.4 Å². The molecular formula is C28H35N3O4. The molecule has 35 heavy (non-hydrogen) atoms. The highest BCUT2D eigenvalue weighted by Gasteiger charge is 2.49. The van der Waals surface area contributed by atoms with Crippen molar-refractivity contribution in [2.75, 3.05) is 6.61 Å². The zero-order chi connectivity index (χ0) is 24.7. The summed E-state index contributed by atoms with van der Waals surface area (Å²) in [5.41, 5.74) is 1.83. The number of aromatic nitrogens is 1. The van der Waals surface area contributed by atoms with E-state index in [9.17, 15) is 9.59 Å². The van der Waals surface area contributed by atoms with Gasteiger partial charge in [-0.05, 0) is 38.2 Å². The van der Waals surface area contributed by atoms with Gasteiger partial charge in [-0.2, -0.15) is 0 Å². The number of nitrogens with one attached hydrogen (secondary N) is 1. The number of carbonyl (C=O) groups excluding carboxylic acids is 2. The zero-order valence-electron chi connectivity index (χ0n) is 21.0. The van der Waals surface area contributed by atoms with Crippen molar-refractivity contribution in [1.29, 1.82) is 0 Å². The maximum Gasteiger partial charge on any atom is 0.271 e. The van der Waals surface area contributed by atoms with E-state index >= 15 is 0 Å². The number of para-hydroxylation sites is 1. The van der Waals surface area contributed by atoms with E-state index in [2.05, 4.69) is 19.2 Å². The van der Waals surface area contributed by atoms with Gasteiger partial charge in [0.1, 0.15) is 17.0 Å². The summed E-state index contributed by atoms with van der Waals surface area (Å²) in [4.78, 5) is 29.7. The maximum atomic E-state index is 14.0. The first kappa shape index (κ1) is 23.5. The Labute approximate surface area is 206 Å². The van der Waals surface area contributed by atoms with Crippen LogP contribution in [-0.4, -0.2) is 39.5 Å². The Morgan fingerprint density at radius 2 is 2.03 bits per heavy atom. The molecule has 1 N–H and O–H groups in total. The van der Waals surface area contributed by atoms with Crippen LogP contribution in [0.15, 0.2) is 47.1 Å². The van der Waals surface area contributed by atoms with Gasteiger partial charge in [-0.15, -0.1) is 0 Å². The van der Waals surface area contributed by atoms with Gasteiger partial charge in [0.15, 0.2) is 5.58 Å². The quantitative estimate of drug-likeness (QED) is 0.543. The van der Waals surface area contributed by atoms with Crippen molar-refractivity contribution in [3.05, 3.63) is 53.9 Å². The van der Waals surface area contributed by atoms with Crippen molar-refractivity contribution in [3.8, 4) is 5.75 Å². The molecule has 0 saturated heterocycles. The highest BCUT2D eigenvalue weighted by Crippen LogP contribution is 2.36. The van der Waals surface area contributed by atoms with Gasteiger partial charge in [-0.25, -0.2) is 0 Å². The lowest BCUT2D eigenvalue weighted by Gasteiger charge is -2.45. The molecule has 2 amide bonds. The van der Waals surface area contributed by atoms with Crippen LogP contribution in [-0.2, 0) is 17.9 Å². The average molecular weight is 478 g/mol. The van der Waals surface area contributed by atoms with Gasteiger partial charge < -0.3 is 23.9 Å². The van der Waals surface area contributed by atoms with Gasteiger partial charge in [0.05, 0.1) is 31.5 Å². The van der Waals surface area contributed by atoms with E-state index in [4.69, 9.17) is 9.15 Å². The summed E-state index contributed by atoms with van der Waals surface area (Å²) in [7, 11) is 0. The third-order valence-electron chi connectivity index (χ3n) is 8.16. The van der Waals surface area contributed by atoms with Crippen molar-refractivity contribution in [2.24, 2.45) is 11.8 Å². The van der Waals surface area contributed by atoms with Crippen LogP contribution in [0.3, 0.4) is 0 Å². The molecule has 3 aromatic rings. The minimum atomic E-state index is -1.08. The number of benzene rings is 1. The third kappa shape index (κ3) is 4.01. The van der Waals surface area contributed by atoms with Gasteiger partial charge in [0.2, 0.25) is 5.91 Å². The normalized spacial score (nSPS) is 26.6. The van der Waals surface area contributed by atoms with Crippen LogP contribution in [0.2, 0.25) is 0 Å². The predicted molar refractivity (Wildman–Crippen MR) is 134 cm³/mol. The molecule has 0 spiro atoms. The highest BCUT2D eigenvalue weighted by molar-refractivity contribution is 6.03. The number of rotatable bonds is 6.